The van der Waals surface area contributed by atoms with E-state index in [2.05, 4.69) is 24.0 Å². The molecule has 0 spiro atoms. The number of pyridine rings is 1. The summed E-state index contributed by atoms with van der Waals surface area (Å²) in [6, 6.07) is 11.7. The lowest BCUT2D eigenvalue weighted by atomic mass is 9.92. The highest BCUT2D eigenvalue weighted by Crippen LogP contribution is 2.39. The third kappa shape index (κ3) is 3.88. The Labute approximate surface area is 173 Å². The summed E-state index contributed by atoms with van der Waals surface area (Å²) >= 11 is 1.48. The Balaban J connectivity index is 1.68. The lowest BCUT2D eigenvalue weighted by molar-refractivity contribution is -0.0861. The molecule has 29 heavy (non-hydrogen) atoms. The normalized spacial score (nSPS) is 17.5. The number of aromatic nitrogens is 1. The molecule has 2 aliphatic rings. The molecule has 3 heterocycles. The number of hydrogen-bond donors (Lipinski definition) is 1. The fourth-order valence-electron chi connectivity index (χ4n) is 3.14. The van der Waals surface area contributed by atoms with Crippen LogP contribution < -0.4 is 10.5 Å². The second-order valence-electron chi connectivity index (χ2n) is 7.54. The van der Waals surface area contributed by atoms with Crippen molar-refractivity contribution >= 4 is 17.6 Å². The van der Waals surface area contributed by atoms with Gasteiger partial charge in [0.2, 0.25) is 0 Å². The van der Waals surface area contributed by atoms with Gasteiger partial charge in [-0.3, -0.25) is 0 Å². The van der Waals surface area contributed by atoms with Gasteiger partial charge in [-0.1, -0.05) is 19.1 Å². The van der Waals surface area contributed by atoms with E-state index in [0.717, 1.165) is 11.3 Å². The molecule has 0 amide bonds. The number of ether oxygens (including phenoxy) is 3. The Morgan fingerprint density at radius 2 is 1.86 bits per heavy atom. The summed E-state index contributed by atoms with van der Waals surface area (Å²) < 4.78 is 16.2. The SMILES string of the molecule is CC1(CSc2nc(N)c(C#N)c(-c3ccc(OC4COC4)cc3)c2C#N)COC1. The van der Waals surface area contributed by atoms with Gasteiger partial charge in [-0.25, -0.2) is 4.98 Å². The van der Waals surface area contributed by atoms with E-state index in [1.54, 1.807) is 0 Å². The van der Waals surface area contributed by atoms with Crippen LogP contribution in [0.1, 0.15) is 18.1 Å². The molecule has 1 aromatic carbocycles. The summed E-state index contributed by atoms with van der Waals surface area (Å²) in [4.78, 5) is 4.35. The molecular weight excluding hydrogens is 388 g/mol. The number of nitriles is 2. The van der Waals surface area contributed by atoms with E-state index in [-0.39, 0.29) is 22.9 Å². The lowest BCUT2D eigenvalue weighted by Gasteiger charge is -2.37. The number of benzene rings is 1. The summed E-state index contributed by atoms with van der Waals surface area (Å²) in [6.07, 6.45) is 0.0709. The van der Waals surface area contributed by atoms with E-state index >= 15 is 0 Å². The summed E-state index contributed by atoms with van der Waals surface area (Å²) in [5.41, 5.74) is 7.96. The van der Waals surface area contributed by atoms with Crippen LogP contribution in [0.5, 0.6) is 5.75 Å². The monoisotopic (exact) mass is 408 g/mol. The Morgan fingerprint density at radius 3 is 2.38 bits per heavy atom. The first-order chi connectivity index (χ1) is 14.0. The average Bonchev–Trinajstić information content (AvgIpc) is 2.67. The number of thioether (sulfide) groups is 1. The third-order valence-corrected chi connectivity index (χ3v) is 6.34. The van der Waals surface area contributed by atoms with Crippen molar-refractivity contribution in [2.75, 3.05) is 37.9 Å². The van der Waals surface area contributed by atoms with Crippen LogP contribution in [0, 0.1) is 28.1 Å². The number of nitrogens with zero attached hydrogens (tertiary/aromatic N) is 3. The number of anilines is 1. The maximum absolute atomic E-state index is 9.87. The largest absolute Gasteiger partial charge is 0.486 e. The maximum atomic E-state index is 9.87. The quantitative estimate of drug-likeness (QED) is 0.726. The molecule has 2 fully saturated rings. The Morgan fingerprint density at radius 1 is 1.17 bits per heavy atom. The molecule has 8 heteroatoms. The van der Waals surface area contributed by atoms with Crippen LogP contribution in [0.2, 0.25) is 0 Å². The highest BCUT2D eigenvalue weighted by atomic mass is 32.2. The fraction of sp³-hybridized carbons (Fsp3) is 0.381. The van der Waals surface area contributed by atoms with Gasteiger partial charge in [-0.2, -0.15) is 10.5 Å². The molecule has 0 radical (unpaired) electrons. The van der Waals surface area contributed by atoms with Crippen LogP contribution in [-0.2, 0) is 9.47 Å². The fourth-order valence-corrected chi connectivity index (χ4v) is 4.25. The van der Waals surface area contributed by atoms with Crippen LogP contribution >= 0.6 is 11.8 Å². The van der Waals surface area contributed by atoms with Gasteiger partial charge in [0.15, 0.2) is 0 Å². The van der Waals surface area contributed by atoms with E-state index in [4.69, 9.17) is 19.9 Å². The molecule has 0 unspecified atom stereocenters. The Bertz CT molecular complexity index is 1000. The van der Waals surface area contributed by atoms with Gasteiger partial charge >= 0.3 is 0 Å². The molecule has 4 rings (SSSR count). The summed E-state index contributed by atoms with van der Waals surface area (Å²) in [6.45, 7) is 4.69. The van der Waals surface area contributed by atoms with E-state index < -0.39 is 0 Å². The molecule has 1 aromatic heterocycles. The topological polar surface area (TPSA) is 114 Å². The van der Waals surface area contributed by atoms with Crippen molar-refractivity contribution in [3.63, 3.8) is 0 Å². The van der Waals surface area contributed by atoms with Crippen molar-refractivity contribution in [2.24, 2.45) is 5.41 Å². The van der Waals surface area contributed by atoms with Gasteiger partial charge in [0.1, 0.15) is 40.4 Å². The molecule has 7 nitrogen and oxygen atoms in total. The lowest BCUT2D eigenvalue weighted by Crippen LogP contribution is -2.41. The van der Waals surface area contributed by atoms with E-state index in [1.807, 2.05) is 24.3 Å². The zero-order valence-corrected chi connectivity index (χ0v) is 16.8. The van der Waals surface area contributed by atoms with Gasteiger partial charge < -0.3 is 19.9 Å². The van der Waals surface area contributed by atoms with Crippen molar-refractivity contribution in [1.82, 2.24) is 4.98 Å². The van der Waals surface area contributed by atoms with Crippen LogP contribution in [-0.4, -0.2) is 43.3 Å². The number of nitrogen functional groups attached to an aromatic ring is 1. The maximum Gasteiger partial charge on any atom is 0.145 e. The predicted molar refractivity (Wildman–Crippen MR) is 108 cm³/mol. The predicted octanol–water partition coefficient (Wildman–Crippen LogP) is 2.98. The molecular formula is C21H20N4O3S. The molecule has 0 saturated carbocycles. The van der Waals surface area contributed by atoms with Crippen LogP contribution in [0.3, 0.4) is 0 Å². The number of rotatable bonds is 6. The standard InChI is InChI=1S/C21H20N4O3S/c1-21(10-27-11-21)12-29-20-17(7-23)18(16(6-22)19(24)25-20)13-2-4-14(5-3-13)28-15-8-26-9-15/h2-5,15H,8-12H2,1H3,(H2,24,25). The average molecular weight is 408 g/mol. The molecule has 0 bridgehead atoms. The van der Waals surface area contributed by atoms with Crippen molar-refractivity contribution in [2.45, 2.75) is 18.1 Å². The first-order valence-electron chi connectivity index (χ1n) is 9.22. The molecule has 0 aliphatic carbocycles. The molecule has 2 saturated heterocycles. The van der Waals surface area contributed by atoms with Crippen molar-refractivity contribution in [1.29, 1.82) is 10.5 Å². The summed E-state index contributed by atoms with van der Waals surface area (Å²) in [5, 5.41) is 20.1. The minimum atomic E-state index is 0.0616. The second-order valence-corrected chi connectivity index (χ2v) is 8.51. The molecule has 0 atom stereocenters. The first-order valence-corrected chi connectivity index (χ1v) is 10.2. The van der Waals surface area contributed by atoms with Gasteiger partial charge in [0, 0.05) is 16.7 Å². The van der Waals surface area contributed by atoms with Crippen LogP contribution in [0.15, 0.2) is 29.3 Å². The minimum Gasteiger partial charge on any atom is -0.486 e. The molecule has 2 aromatic rings. The summed E-state index contributed by atoms with van der Waals surface area (Å²) in [5.74, 6) is 1.61. The Hall–Kier alpha value is -2.78. The smallest absolute Gasteiger partial charge is 0.145 e. The van der Waals surface area contributed by atoms with E-state index in [0.29, 0.717) is 48.3 Å². The second kappa shape index (κ2) is 7.92. The van der Waals surface area contributed by atoms with Crippen molar-refractivity contribution in [3.8, 4) is 29.0 Å². The van der Waals surface area contributed by atoms with Gasteiger partial charge in [0.25, 0.3) is 0 Å². The van der Waals surface area contributed by atoms with E-state index in [1.165, 1.54) is 11.8 Å². The zero-order chi connectivity index (χ0) is 20.4. The van der Waals surface area contributed by atoms with E-state index in [9.17, 15) is 10.5 Å². The third-order valence-electron chi connectivity index (χ3n) is 4.93. The van der Waals surface area contributed by atoms with Gasteiger partial charge in [-0.15, -0.1) is 11.8 Å². The zero-order valence-electron chi connectivity index (χ0n) is 16.0. The Kier molecular flexibility index (Phi) is 5.33. The summed E-state index contributed by atoms with van der Waals surface area (Å²) in [7, 11) is 0. The molecule has 2 aliphatic heterocycles. The molecule has 148 valence electrons. The number of hydrogen-bond acceptors (Lipinski definition) is 8. The minimum absolute atomic E-state index is 0.0616. The highest BCUT2D eigenvalue weighted by Gasteiger charge is 2.34. The van der Waals surface area contributed by atoms with Crippen LogP contribution in [0.25, 0.3) is 11.1 Å². The van der Waals surface area contributed by atoms with Gasteiger partial charge in [-0.05, 0) is 17.7 Å². The van der Waals surface area contributed by atoms with Crippen molar-refractivity contribution in [3.05, 3.63) is 35.4 Å². The van der Waals surface area contributed by atoms with Gasteiger partial charge in [0.05, 0.1) is 32.0 Å². The number of nitrogens with two attached hydrogens (primary N) is 1. The molecule has 2 N–H and O–H groups in total. The first kappa shape index (κ1) is 19.5. The highest BCUT2D eigenvalue weighted by molar-refractivity contribution is 7.99. The van der Waals surface area contributed by atoms with Crippen molar-refractivity contribution < 1.29 is 14.2 Å². The van der Waals surface area contributed by atoms with Crippen LogP contribution in [0.4, 0.5) is 5.82 Å².